The second kappa shape index (κ2) is 9.06. The summed E-state index contributed by atoms with van der Waals surface area (Å²) in [6, 6.07) is 4.33. The second-order valence-corrected chi connectivity index (χ2v) is 10.6. The lowest BCUT2D eigenvalue weighted by Gasteiger charge is -2.27. The van der Waals surface area contributed by atoms with E-state index in [0.29, 0.717) is 37.9 Å². The fraction of sp³-hybridized carbons (Fsp3) is 0.636. The second-order valence-electron chi connectivity index (χ2n) is 8.69. The van der Waals surface area contributed by atoms with Crippen LogP contribution in [0.1, 0.15) is 69.8 Å². The molecule has 1 aliphatic carbocycles. The summed E-state index contributed by atoms with van der Waals surface area (Å²) >= 11 is 0. The third-order valence-electron chi connectivity index (χ3n) is 6.54. The Hall–Kier alpha value is -1.93. The van der Waals surface area contributed by atoms with Crippen molar-refractivity contribution in [2.45, 2.75) is 87.6 Å². The number of nitrogens with zero attached hydrogens (tertiary/aromatic N) is 1. The Morgan fingerprint density at radius 1 is 1.00 bits per heavy atom. The van der Waals surface area contributed by atoms with Crippen molar-refractivity contribution in [1.82, 2.24) is 9.62 Å². The molecule has 4 rings (SSSR count). The van der Waals surface area contributed by atoms with E-state index in [-0.39, 0.29) is 22.8 Å². The van der Waals surface area contributed by atoms with Gasteiger partial charge in [-0.15, -0.1) is 0 Å². The van der Waals surface area contributed by atoms with Crippen LogP contribution in [0.25, 0.3) is 0 Å². The zero-order valence-corrected chi connectivity index (χ0v) is 18.2. The van der Waals surface area contributed by atoms with Gasteiger partial charge in [-0.3, -0.25) is 9.59 Å². The molecular weight excluding hydrogens is 402 g/mol. The van der Waals surface area contributed by atoms with Crippen molar-refractivity contribution in [3.05, 3.63) is 23.8 Å². The van der Waals surface area contributed by atoms with Crippen LogP contribution in [0.2, 0.25) is 0 Å². The molecule has 3 aliphatic rings. The number of hydrogen-bond donors (Lipinski definition) is 2. The molecule has 2 N–H and O–H groups in total. The number of carbonyl (C=O) groups excluding carboxylic acids is 2. The molecule has 164 valence electrons. The number of hydrogen-bond acceptors (Lipinski definition) is 4. The Balaban J connectivity index is 1.49. The van der Waals surface area contributed by atoms with E-state index >= 15 is 0 Å². The summed E-state index contributed by atoms with van der Waals surface area (Å²) in [5.41, 5.74) is 1.50. The average molecular weight is 434 g/mol. The van der Waals surface area contributed by atoms with Gasteiger partial charge < -0.3 is 10.6 Å². The maximum atomic E-state index is 13.4. The predicted octanol–water partition coefficient (Wildman–Crippen LogP) is 2.95. The highest BCUT2D eigenvalue weighted by Crippen LogP contribution is 2.31. The minimum absolute atomic E-state index is 0.0522. The van der Waals surface area contributed by atoms with E-state index in [1.807, 2.05) is 0 Å². The maximum absolute atomic E-state index is 13.4. The third-order valence-corrected chi connectivity index (χ3v) is 8.44. The summed E-state index contributed by atoms with van der Waals surface area (Å²) < 4.78 is 28.1. The molecule has 1 aromatic carbocycles. The number of aryl methyl sites for hydroxylation is 1. The summed E-state index contributed by atoms with van der Waals surface area (Å²) in [7, 11) is -3.77. The molecule has 2 fully saturated rings. The Morgan fingerprint density at radius 2 is 1.73 bits per heavy atom. The molecule has 0 radical (unpaired) electrons. The molecule has 2 amide bonds. The van der Waals surface area contributed by atoms with Crippen LogP contribution < -0.4 is 10.6 Å². The quantitative estimate of drug-likeness (QED) is 0.763. The molecule has 2 aliphatic heterocycles. The first-order chi connectivity index (χ1) is 14.4. The summed E-state index contributed by atoms with van der Waals surface area (Å²) in [4.78, 5) is 24.8. The maximum Gasteiger partial charge on any atom is 0.243 e. The van der Waals surface area contributed by atoms with Gasteiger partial charge in [0.25, 0.3) is 0 Å². The van der Waals surface area contributed by atoms with Crippen molar-refractivity contribution >= 4 is 27.5 Å². The van der Waals surface area contributed by atoms with Gasteiger partial charge >= 0.3 is 0 Å². The molecule has 1 saturated carbocycles. The van der Waals surface area contributed by atoms with Crippen molar-refractivity contribution in [1.29, 1.82) is 0 Å². The number of anilines is 1. The minimum Gasteiger partial charge on any atom is -0.352 e. The van der Waals surface area contributed by atoms with Gasteiger partial charge in [-0.25, -0.2) is 8.42 Å². The van der Waals surface area contributed by atoms with Crippen molar-refractivity contribution in [3.8, 4) is 0 Å². The minimum atomic E-state index is -3.77. The summed E-state index contributed by atoms with van der Waals surface area (Å²) in [6.07, 6.45) is 9.96. The average Bonchev–Trinajstić information content (AvgIpc) is 3.20. The van der Waals surface area contributed by atoms with Gasteiger partial charge in [-0.2, -0.15) is 4.31 Å². The van der Waals surface area contributed by atoms with Gasteiger partial charge in [-0.1, -0.05) is 32.1 Å². The molecule has 0 aromatic heterocycles. The lowest BCUT2D eigenvalue weighted by molar-refractivity contribution is -0.125. The van der Waals surface area contributed by atoms with Crippen molar-refractivity contribution in [2.24, 2.45) is 0 Å². The van der Waals surface area contributed by atoms with Crippen LogP contribution in [0.4, 0.5) is 5.69 Å². The molecule has 8 heteroatoms. The number of carbonyl (C=O) groups is 2. The first-order valence-corrected chi connectivity index (χ1v) is 12.6. The van der Waals surface area contributed by atoms with Gasteiger partial charge in [0.15, 0.2) is 0 Å². The first kappa shape index (κ1) is 21.3. The summed E-state index contributed by atoms with van der Waals surface area (Å²) in [5.74, 6) is -0.213. The standard InChI is InChI=1S/C22H31N3O4S/c26-21-13-10-16-15-18(11-12-19(16)24-21)30(28,29)25-14-6-9-20(25)22(27)23-17-7-4-2-1-3-5-8-17/h11-12,15,17,20H,1-10,13-14H2,(H,23,27)(H,24,26)/t20-/m1/s1. The number of sulfonamides is 1. The molecule has 0 unspecified atom stereocenters. The van der Waals surface area contributed by atoms with Crippen LogP contribution >= 0.6 is 0 Å². The van der Waals surface area contributed by atoms with Crippen molar-refractivity contribution in [2.75, 3.05) is 11.9 Å². The van der Waals surface area contributed by atoms with Crippen LogP contribution in [0.3, 0.4) is 0 Å². The van der Waals surface area contributed by atoms with E-state index in [2.05, 4.69) is 10.6 Å². The lowest BCUT2D eigenvalue weighted by atomic mass is 9.96. The van der Waals surface area contributed by atoms with E-state index in [0.717, 1.165) is 31.2 Å². The molecule has 0 bridgehead atoms. The van der Waals surface area contributed by atoms with Crippen LogP contribution in [0, 0.1) is 0 Å². The number of benzene rings is 1. The van der Waals surface area contributed by atoms with Crippen LogP contribution in [-0.4, -0.2) is 43.2 Å². The van der Waals surface area contributed by atoms with E-state index < -0.39 is 16.1 Å². The van der Waals surface area contributed by atoms with Gasteiger partial charge in [0, 0.05) is 24.7 Å². The fourth-order valence-electron chi connectivity index (χ4n) is 4.84. The molecule has 2 heterocycles. The third kappa shape index (κ3) is 4.54. The summed E-state index contributed by atoms with van der Waals surface area (Å²) in [6.45, 7) is 0.360. The molecule has 7 nitrogen and oxygen atoms in total. The molecule has 30 heavy (non-hydrogen) atoms. The van der Waals surface area contributed by atoms with E-state index in [1.54, 1.807) is 12.1 Å². The van der Waals surface area contributed by atoms with Crippen molar-refractivity contribution < 1.29 is 18.0 Å². The Bertz CT molecular complexity index is 907. The predicted molar refractivity (Wildman–Crippen MR) is 115 cm³/mol. The number of rotatable bonds is 4. The number of amides is 2. The Labute approximate surface area is 178 Å². The molecule has 1 saturated heterocycles. The lowest BCUT2D eigenvalue weighted by Crippen LogP contribution is -2.48. The van der Waals surface area contributed by atoms with Gasteiger partial charge in [0.1, 0.15) is 6.04 Å². The monoisotopic (exact) mass is 433 g/mol. The molecule has 0 spiro atoms. The van der Waals surface area contributed by atoms with Crippen LogP contribution in [0.5, 0.6) is 0 Å². The summed E-state index contributed by atoms with van der Waals surface area (Å²) in [5, 5.41) is 5.92. The fourth-order valence-corrected chi connectivity index (χ4v) is 6.55. The van der Waals surface area contributed by atoms with Crippen LogP contribution in [-0.2, 0) is 26.0 Å². The van der Waals surface area contributed by atoms with Crippen LogP contribution in [0.15, 0.2) is 23.1 Å². The Morgan fingerprint density at radius 3 is 2.50 bits per heavy atom. The van der Waals surface area contributed by atoms with Gasteiger partial charge in [-0.05, 0) is 55.9 Å². The molecular formula is C22H31N3O4S. The first-order valence-electron chi connectivity index (χ1n) is 11.2. The van der Waals surface area contributed by atoms with E-state index in [9.17, 15) is 18.0 Å². The number of fused-ring (bicyclic) bond motifs is 1. The smallest absolute Gasteiger partial charge is 0.243 e. The van der Waals surface area contributed by atoms with E-state index in [1.165, 1.54) is 29.6 Å². The normalized spacial score (nSPS) is 23.9. The molecule has 1 aromatic rings. The zero-order chi connectivity index (χ0) is 21.1. The van der Waals surface area contributed by atoms with Gasteiger partial charge in [0.2, 0.25) is 21.8 Å². The molecule has 1 atom stereocenters. The highest BCUT2D eigenvalue weighted by Gasteiger charge is 2.40. The highest BCUT2D eigenvalue weighted by molar-refractivity contribution is 7.89. The van der Waals surface area contributed by atoms with E-state index in [4.69, 9.17) is 0 Å². The number of nitrogens with one attached hydrogen (secondary N) is 2. The Kier molecular flexibility index (Phi) is 6.43. The van der Waals surface area contributed by atoms with Gasteiger partial charge in [0.05, 0.1) is 4.90 Å². The van der Waals surface area contributed by atoms with Crippen molar-refractivity contribution in [3.63, 3.8) is 0 Å². The largest absolute Gasteiger partial charge is 0.352 e. The zero-order valence-electron chi connectivity index (χ0n) is 17.4. The topological polar surface area (TPSA) is 95.6 Å². The highest BCUT2D eigenvalue weighted by atomic mass is 32.2. The SMILES string of the molecule is O=C1CCc2cc(S(=O)(=O)N3CCC[C@@H]3C(=O)NC3CCCCCCC3)ccc2N1.